The van der Waals surface area contributed by atoms with Crippen LogP contribution in [0.25, 0.3) is 0 Å². The van der Waals surface area contributed by atoms with Crippen molar-refractivity contribution in [1.82, 2.24) is 0 Å². The molecular weight excluding hydrogens is 242 g/mol. The molecule has 0 bridgehead atoms. The van der Waals surface area contributed by atoms with Crippen molar-refractivity contribution in [3.63, 3.8) is 0 Å². The molecule has 1 N–H and O–H groups in total. The SMILES string of the molecule is O=C(O)[Si]1=[Sb][CH]=CC=C1. The second kappa shape index (κ2) is 3.23. The standard InChI is InChI=1S/C5H5O2Si.Sb/c1-2-3-4-8-5(6)7;/h1-4H,(H,6,7);. The van der Waals surface area contributed by atoms with E-state index in [1.165, 1.54) is 0 Å². The van der Waals surface area contributed by atoms with Crippen LogP contribution in [0.2, 0.25) is 0 Å². The summed E-state index contributed by atoms with van der Waals surface area (Å²) in [5.41, 5.74) is 0.228. The van der Waals surface area contributed by atoms with Crippen LogP contribution < -0.4 is 0 Å². The Morgan fingerprint density at radius 3 is 2.67 bits per heavy atom. The monoisotopic (exact) mass is 246 g/mol. The first-order valence-corrected chi connectivity index (χ1v) is 9.28. The van der Waals surface area contributed by atoms with Gasteiger partial charge in [-0.25, -0.2) is 0 Å². The van der Waals surface area contributed by atoms with Gasteiger partial charge in [0.25, 0.3) is 0 Å². The van der Waals surface area contributed by atoms with Crippen molar-refractivity contribution in [2.75, 3.05) is 0 Å². The van der Waals surface area contributed by atoms with Gasteiger partial charge in [-0.05, 0) is 0 Å². The molecule has 2 nitrogen and oxygen atoms in total. The summed E-state index contributed by atoms with van der Waals surface area (Å²) in [7, 11) is 0. The molecule has 0 saturated carbocycles. The Bertz CT molecular complexity index is 217. The summed E-state index contributed by atoms with van der Waals surface area (Å²) in [6.07, 6.45) is 3.80. The summed E-state index contributed by atoms with van der Waals surface area (Å²) in [6.45, 7) is 0. The quantitative estimate of drug-likeness (QED) is 0.687. The van der Waals surface area contributed by atoms with E-state index in [0.29, 0.717) is 0 Å². The van der Waals surface area contributed by atoms with E-state index in [9.17, 15) is 4.79 Å². The molecule has 0 aromatic carbocycles. The van der Waals surface area contributed by atoms with Gasteiger partial charge in [-0.1, -0.05) is 0 Å². The third-order valence-electron chi connectivity index (χ3n) is 0.884. The molecule has 1 aliphatic rings. The van der Waals surface area contributed by atoms with Crippen molar-refractivity contribution < 1.29 is 9.90 Å². The molecule has 0 atom stereocenters. The molecule has 9 heavy (non-hydrogen) atoms. The van der Waals surface area contributed by atoms with Gasteiger partial charge in [0.1, 0.15) is 0 Å². The van der Waals surface area contributed by atoms with Crippen molar-refractivity contribution >= 4 is 31.6 Å². The van der Waals surface area contributed by atoms with Crippen LogP contribution >= 0.6 is 0 Å². The Balaban J connectivity index is 2.84. The third-order valence-corrected chi connectivity index (χ3v) is 9.32. The summed E-state index contributed by atoms with van der Waals surface area (Å²) in [5.74, 6) is 0. The maximum absolute atomic E-state index is 10.4. The molecule has 0 aromatic rings. The molecule has 0 aromatic heterocycles. The van der Waals surface area contributed by atoms with Crippen LogP contribution in [0.15, 0.2) is 21.9 Å². The normalized spacial score (nSPS) is 15.3. The number of carbonyl (C=O) groups is 1. The van der Waals surface area contributed by atoms with E-state index in [-0.39, 0.29) is 0 Å². The zero-order valence-corrected chi connectivity index (χ0v) is 8.16. The van der Waals surface area contributed by atoms with Gasteiger partial charge in [-0.15, -0.1) is 0 Å². The van der Waals surface area contributed by atoms with Crippen molar-refractivity contribution in [2.45, 2.75) is 0 Å². The molecule has 0 fully saturated rings. The van der Waals surface area contributed by atoms with Crippen molar-refractivity contribution in [2.24, 2.45) is 0 Å². The predicted molar refractivity (Wildman–Crippen MR) is 37.8 cm³/mol. The predicted octanol–water partition coefficient (Wildman–Crippen LogP) is 0.564. The fraction of sp³-hybridized carbons (Fsp3) is 0. The van der Waals surface area contributed by atoms with Gasteiger partial charge in [0.2, 0.25) is 0 Å². The number of hydrogen-bond acceptors (Lipinski definition) is 1. The van der Waals surface area contributed by atoms with Crippen molar-refractivity contribution in [1.29, 1.82) is 0 Å². The Kier molecular flexibility index (Phi) is 2.55. The van der Waals surface area contributed by atoms with Crippen molar-refractivity contribution in [3.05, 3.63) is 21.9 Å². The molecule has 4 heteroatoms. The van der Waals surface area contributed by atoms with Gasteiger partial charge in [0, 0.05) is 0 Å². The average molecular weight is 247 g/mol. The van der Waals surface area contributed by atoms with Crippen molar-refractivity contribution in [3.8, 4) is 0 Å². The van der Waals surface area contributed by atoms with E-state index in [1.807, 2.05) is 17.9 Å². The first-order valence-electron chi connectivity index (χ1n) is 2.45. The molecule has 0 saturated heterocycles. The fourth-order valence-corrected chi connectivity index (χ4v) is 6.18. The topological polar surface area (TPSA) is 37.3 Å². The summed E-state index contributed by atoms with van der Waals surface area (Å²) >= 11 is -0.480. The van der Waals surface area contributed by atoms with Crippen LogP contribution in [0.4, 0.5) is 4.79 Å². The summed E-state index contributed by atoms with van der Waals surface area (Å²) < 4.78 is 2.06. The fourth-order valence-electron chi connectivity index (χ4n) is 0.489. The molecule has 1 aliphatic heterocycles. The number of allylic oxidation sites excluding steroid dienone is 2. The van der Waals surface area contributed by atoms with Gasteiger partial charge in [0.15, 0.2) is 0 Å². The van der Waals surface area contributed by atoms with Gasteiger partial charge in [-0.3, -0.25) is 0 Å². The van der Waals surface area contributed by atoms with Gasteiger partial charge >= 0.3 is 63.4 Å². The van der Waals surface area contributed by atoms with Gasteiger partial charge in [-0.2, -0.15) is 0 Å². The van der Waals surface area contributed by atoms with E-state index in [0.717, 1.165) is 0 Å². The van der Waals surface area contributed by atoms with Crippen LogP contribution in [0.5, 0.6) is 0 Å². The molecule has 1 heterocycles. The molecule has 46 valence electrons. The number of carboxylic acid groups (broad SMARTS) is 1. The number of hydrogen-bond donors (Lipinski definition) is 1. The van der Waals surface area contributed by atoms with Crippen LogP contribution in [0, 0.1) is 0 Å². The van der Waals surface area contributed by atoms with E-state index in [2.05, 4.69) is 4.02 Å². The first kappa shape index (κ1) is 7.10. The molecule has 1 rings (SSSR count). The summed E-state index contributed by atoms with van der Waals surface area (Å²) in [5, 5.41) is 8.54. The summed E-state index contributed by atoms with van der Waals surface area (Å²) in [6, 6.07) is 0. The van der Waals surface area contributed by atoms with Crippen LogP contribution in [0.3, 0.4) is 0 Å². The molecular formula is C5H5O2SbSi. The van der Waals surface area contributed by atoms with E-state index < -0.39 is 31.6 Å². The molecule has 0 unspecified atom stereocenters. The second-order valence-corrected chi connectivity index (χ2v) is 10.5. The van der Waals surface area contributed by atoms with E-state index in [4.69, 9.17) is 5.11 Å². The van der Waals surface area contributed by atoms with Crippen LogP contribution in [-0.4, -0.2) is 36.7 Å². The van der Waals surface area contributed by atoms with Crippen LogP contribution in [-0.2, 0) is 0 Å². The summed E-state index contributed by atoms with van der Waals surface area (Å²) in [4.78, 5) is 10.4. The van der Waals surface area contributed by atoms with Crippen LogP contribution in [0.1, 0.15) is 0 Å². The third kappa shape index (κ3) is 1.99. The number of rotatable bonds is 1. The minimum atomic E-state index is -1.07. The maximum atomic E-state index is 10.4. The Morgan fingerprint density at radius 1 is 1.56 bits per heavy atom. The Morgan fingerprint density at radius 2 is 2.33 bits per heavy atom. The second-order valence-electron chi connectivity index (χ2n) is 1.52. The van der Waals surface area contributed by atoms with E-state index >= 15 is 0 Å². The zero-order valence-electron chi connectivity index (χ0n) is 4.61. The molecule has 0 aliphatic carbocycles. The minimum absolute atomic E-state index is 0.480. The van der Waals surface area contributed by atoms with E-state index in [1.54, 1.807) is 0 Å². The van der Waals surface area contributed by atoms with Gasteiger partial charge in [0.05, 0.1) is 0 Å². The Hall–Kier alpha value is -0.0149. The first-order chi connectivity index (χ1) is 4.30. The Labute approximate surface area is 63.4 Å². The zero-order chi connectivity index (χ0) is 6.69. The molecule has 0 amide bonds. The molecule has 0 radical (unpaired) electrons. The molecule has 0 spiro atoms. The average Bonchev–Trinajstić information content (AvgIpc) is 1.90. The van der Waals surface area contributed by atoms with Gasteiger partial charge < -0.3 is 0 Å².